The molecule has 0 aliphatic carbocycles. The summed E-state index contributed by atoms with van der Waals surface area (Å²) in [6, 6.07) is 4.13. The predicted molar refractivity (Wildman–Crippen MR) is 63.3 cm³/mol. The quantitative estimate of drug-likeness (QED) is 0.802. The Morgan fingerprint density at radius 1 is 1.00 bits per heavy atom. The van der Waals surface area contributed by atoms with E-state index < -0.39 is 12.7 Å². The molecule has 0 bridgehead atoms. The van der Waals surface area contributed by atoms with Crippen LogP contribution in [0.2, 0.25) is 0 Å². The van der Waals surface area contributed by atoms with Crippen molar-refractivity contribution in [1.82, 2.24) is 5.32 Å². The van der Waals surface area contributed by atoms with Gasteiger partial charge in [0.1, 0.15) is 0 Å². The fourth-order valence-electron chi connectivity index (χ4n) is 1.74. The maximum atomic E-state index is 11.9. The number of hydrogen-bond acceptors (Lipinski definition) is 1. The third kappa shape index (κ3) is 4.77. The van der Waals surface area contributed by atoms with Crippen molar-refractivity contribution in [3.63, 3.8) is 0 Å². The first-order valence-corrected chi connectivity index (χ1v) is 5.64. The minimum absolute atomic E-state index is 0.350. The van der Waals surface area contributed by atoms with Gasteiger partial charge in [0, 0.05) is 0 Å². The summed E-state index contributed by atoms with van der Waals surface area (Å²) >= 11 is 0. The van der Waals surface area contributed by atoms with Crippen molar-refractivity contribution in [1.29, 1.82) is 0 Å². The third-order valence-electron chi connectivity index (χ3n) is 2.85. The summed E-state index contributed by atoms with van der Waals surface area (Å²) in [5, 5.41) is 2.41. The van der Waals surface area contributed by atoms with E-state index in [-0.39, 0.29) is 0 Å². The number of hydrogen-bond donors (Lipinski definition) is 1. The number of rotatable bonds is 4. The Labute approximate surface area is 100 Å². The van der Waals surface area contributed by atoms with Gasteiger partial charge in [0.05, 0.1) is 6.54 Å². The van der Waals surface area contributed by atoms with Crippen molar-refractivity contribution in [2.24, 2.45) is 0 Å². The molecule has 1 N–H and O–H groups in total. The molecule has 0 aliphatic rings. The lowest BCUT2D eigenvalue weighted by molar-refractivity contribution is -0.124. The first-order valence-electron chi connectivity index (χ1n) is 5.64. The lowest BCUT2D eigenvalue weighted by Crippen LogP contribution is -2.30. The van der Waals surface area contributed by atoms with Crippen LogP contribution in [-0.2, 0) is 6.42 Å². The van der Waals surface area contributed by atoms with Crippen LogP contribution < -0.4 is 5.32 Å². The molecule has 4 heteroatoms. The van der Waals surface area contributed by atoms with Crippen LogP contribution in [0, 0.1) is 20.8 Å². The molecule has 0 fully saturated rings. The molecule has 96 valence electrons. The van der Waals surface area contributed by atoms with Crippen molar-refractivity contribution in [2.75, 3.05) is 13.1 Å². The van der Waals surface area contributed by atoms with Gasteiger partial charge in [-0.3, -0.25) is 0 Å². The molecule has 0 amide bonds. The van der Waals surface area contributed by atoms with Gasteiger partial charge in [0.2, 0.25) is 0 Å². The molecular weight excluding hydrogens is 227 g/mol. The highest BCUT2D eigenvalue weighted by molar-refractivity contribution is 5.36. The van der Waals surface area contributed by atoms with Gasteiger partial charge in [-0.15, -0.1) is 0 Å². The fourth-order valence-corrected chi connectivity index (χ4v) is 1.74. The standard InChI is InChI=1S/C13H18F3N/c1-9-6-11(3)12(7-10(9)2)4-5-17-8-13(14,15)16/h6-7,17H,4-5,8H2,1-3H3. The molecule has 0 spiro atoms. The summed E-state index contributed by atoms with van der Waals surface area (Å²) in [6.45, 7) is 5.47. The molecule has 0 aromatic heterocycles. The Kier molecular flexibility index (Phi) is 4.57. The van der Waals surface area contributed by atoms with Crippen LogP contribution in [0.15, 0.2) is 12.1 Å². The Hall–Kier alpha value is -1.03. The third-order valence-corrected chi connectivity index (χ3v) is 2.85. The van der Waals surface area contributed by atoms with E-state index in [0.29, 0.717) is 13.0 Å². The SMILES string of the molecule is Cc1cc(C)c(CCNCC(F)(F)F)cc1C. The lowest BCUT2D eigenvalue weighted by Gasteiger charge is -2.11. The van der Waals surface area contributed by atoms with Gasteiger partial charge in [-0.05, 0) is 56.0 Å². The fraction of sp³-hybridized carbons (Fsp3) is 0.538. The molecular formula is C13H18F3N. The second-order valence-corrected chi connectivity index (χ2v) is 4.40. The van der Waals surface area contributed by atoms with Crippen LogP contribution in [0.5, 0.6) is 0 Å². The lowest BCUT2D eigenvalue weighted by atomic mass is 9.99. The number of benzene rings is 1. The Balaban J connectivity index is 2.50. The Morgan fingerprint density at radius 3 is 2.18 bits per heavy atom. The number of nitrogens with one attached hydrogen (secondary N) is 1. The van der Waals surface area contributed by atoms with E-state index in [4.69, 9.17) is 0 Å². The van der Waals surface area contributed by atoms with Crippen LogP contribution in [0.25, 0.3) is 0 Å². The summed E-state index contributed by atoms with van der Waals surface area (Å²) in [4.78, 5) is 0. The minimum Gasteiger partial charge on any atom is -0.308 e. The highest BCUT2D eigenvalue weighted by Crippen LogP contribution is 2.16. The van der Waals surface area contributed by atoms with Gasteiger partial charge >= 0.3 is 6.18 Å². The normalized spacial score (nSPS) is 11.9. The van der Waals surface area contributed by atoms with E-state index in [9.17, 15) is 13.2 Å². The molecule has 0 atom stereocenters. The molecule has 1 nitrogen and oxygen atoms in total. The van der Waals surface area contributed by atoms with Crippen molar-refractivity contribution >= 4 is 0 Å². The molecule has 17 heavy (non-hydrogen) atoms. The average Bonchev–Trinajstić information content (AvgIpc) is 2.18. The van der Waals surface area contributed by atoms with E-state index in [1.54, 1.807) is 0 Å². The minimum atomic E-state index is -4.13. The summed E-state index contributed by atoms with van der Waals surface area (Å²) in [6.07, 6.45) is -3.50. The van der Waals surface area contributed by atoms with E-state index in [2.05, 4.69) is 17.4 Å². The van der Waals surface area contributed by atoms with Gasteiger partial charge in [-0.25, -0.2) is 0 Å². The number of halogens is 3. The van der Waals surface area contributed by atoms with Gasteiger partial charge in [0.25, 0.3) is 0 Å². The number of alkyl halides is 3. The summed E-state index contributed by atoms with van der Waals surface area (Å²) in [5.74, 6) is 0. The zero-order chi connectivity index (χ0) is 13.1. The van der Waals surface area contributed by atoms with Gasteiger partial charge < -0.3 is 5.32 Å². The molecule has 1 aromatic rings. The highest BCUT2D eigenvalue weighted by Gasteiger charge is 2.25. The molecule has 0 saturated heterocycles. The molecule has 0 aliphatic heterocycles. The summed E-state index contributed by atoms with van der Waals surface area (Å²) < 4.78 is 35.7. The first kappa shape index (κ1) is 14.0. The molecule has 1 rings (SSSR count). The Morgan fingerprint density at radius 2 is 1.59 bits per heavy atom. The second-order valence-electron chi connectivity index (χ2n) is 4.40. The van der Waals surface area contributed by atoms with Crippen LogP contribution in [-0.4, -0.2) is 19.3 Å². The molecule has 0 unspecified atom stereocenters. The van der Waals surface area contributed by atoms with Crippen molar-refractivity contribution < 1.29 is 13.2 Å². The van der Waals surface area contributed by atoms with E-state index in [1.165, 1.54) is 11.1 Å². The topological polar surface area (TPSA) is 12.0 Å². The summed E-state index contributed by atoms with van der Waals surface area (Å²) in [5.41, 5.74) is 4.65. The van der Waals surface area contributed by atoms with Crippen LogP contribution >= 0.6 is 0 Å². The molecule has 0 radical (unpaired) electrons. The average molecular weight is 245 g/mol. The van der Waals surface area contributed by atoms with Crippen LogP contribution in [0.3, 0.4) is 0 Å². The predicted octanol–water partition coefficient (Wildman–Crippen LogP) is 3.31. The smallest absolute Gasteiger partial charge is 0.308 e. The highest BCUT2D eigenvalue weighted by atomic mass is 19.4. The Bertz CT molecular complexity index is 383. The van der Waals surface area contributed by atoms with E-state index in [1.807, 2.05) is 20.8 Å². The zero-order valence-electron chi connectivity index (χ0n) is 10.4. The van der Waals surface area contributed by atoms with E-state index >= 15 is 0 Å². The maximum Gasteiger partial charge on any atom is 0.401 e. The van der Waals surface area contributed by atoms with Gasteiger partial charge in [0.15, 0.2) is 0 Å². The summed E-state index contributed by atoms with van der Waals surface area (Å²) in [7, 11) is 0. The van der Waals surface area contributed by atoms with E-state index in [0.717, 1.165) is 11.1 Å². The van der Waals surface area contributed by atoms with Crippen molar-refractivity contribution in [2.45, 2.75) is 33.4 Å². The van der Waals surface area contributed by atoms with Gasteiger partial charge in [-0.1, -0.05) is 12.1 Å². The van der Waals surface area contributed by atoms with Gasteiger partial charge in [-0.2, -0.15) is 13.2 Å². The van der Waals surface area contributed by atoms with Crippen LogP contribution in [0.4, 0.5) is 13.2 Å². The largest absolute Gasteiger partial charge is 0.401 e. The second kappa shape index (κ2) is 5.54. The zero-order valence-corrected chi connectivity index (χ0v) is 10.4. The van der Waals surface area contributed by atoms with Crippen molar-refractivity contribution in [3.8, 4) is 0 Å². The van der Waals surface area contributed by atoms with Crippen LogP contribution in [0.1, 0.15) is 22.3 Å². The monoisotopic (exact) mass is 245 g/mol. The number of aryl methyl sites for hydroxylation is 3. The molecule has 0 heterocycles. The maximum absolute atomic E-state index is 11.9. The molecule has 1 aromatic carbocycles. The first-order chi connectivity index (χ1) is 7.79. The van der Waals surface area contributed by atoms with Crippen molar-refractivity contribution in [3.05, 3.63) is 34.4 Å². The molecule has 0 saturated carbocycles.